The first-order valence-electron chi connectivity index (χ1n) is 8.13. The van der Waals surface area contributed by atoms with E-state index in [-0.39, 0.29) is 11.1 Å². The fourth-order valence-corrected chi connectivity index (χ4v) is 3.19. The van der Waals surface area contributed by atoms with Crippen LogP contribution in [0.4, 0.5) is 0 Å². The number of nitrogens with zero attached hydrogens (tertiary/aromatic N) is 1. The van der Waals surface area contributed by atoms with Crippen LogP contribution in [0.1, 0.15) is 79.6 Å². The molecule has 0 radical (unpaired) electrons. The number of aliphatic hydroxyl groups excluding tert-OH is 1. The summed E-state index contributed by atoms with van der Waals surface area (Å²) in [5.41, 5.74) is -0.418. The SMILES string of the molecule is CCCCCCCCON1C(C)(C)C=C(O)CC1(C)C. The molecule has 1 rings (SSSR count). The molecule has 0 spiro atoms. The van der Waals surface area contributed by atoms with E-state index in [2.05, 4.69) is 39.7 Å². The average molecular weight is 283 g/mol. The Kier molecular flexibility index (Phi) is 6.53. The molecule has 0 saturated heterocycles. The number of aliphatic hydroxyl groups is 1. The van der Waals surface area contributed by atoms with Gasteiger partial charge in [0.15, 0.2) is 0 Å². The summed E-state index contributed by atoms with van der Waals surface area (Å²) in [7, 11) is 0. The lowest BCUT2D eigenvalue weighted by Gasteiger charge is -2.48. The van der Waals surface area contributed by atoms with Gasteiger partial charge in [0.2, 0.25) is 0 Å². The molecule has 0 saturated carbocycles. The molecule has 1 aliphatic rings. The molecule has 3 nitrogen and oxygen atoms in total. The van der Waals surface area contributed by atoms with Crippen molar-refractivity contribution in [1.82, 2.24) is 5.06 Å². The molecule has 0 aliphatic carbocycles. The monoisotopic (exact) mass is 283 g/mol. The minimum absolute atomic E-state index is 0.162. The highest BCUT2D eigenvalue weighted by molar-refractivity contribution is 5.15. The summed E-state index contributed by atoms with van der Waals surface area (Å²) in [6, 6.07) is 0. The lowest BCUT2D eigenvalue weighted by Crippen LogP contribution is -2.57. The van der Waals surface area contributed by atoms with Crippen molar-refractivity contribution in [3.8, 4) is 0 Å². The molecule has 0 aromatic carbocycles. The molecule has 0 unspecified atom stereocenters. The van der Waals surface area contributed by atoms with Gasteiger partial charge in [-0.25, -0.2) is 0 Å². The van der Waals surface area contributed by atoms with Crippen LogP contribution in [0.3, 0.4) is 0 Å². The third kappa shape index (κ3) is 5.10. The van der Waals surface area contributed by atoms with Gasteiger partial charge in [-0.1, -0.05) is 39.0 Å². The smallest absolute Gasteiger partial charge is 0.0921 e. The summed E-state index contributed by atoms with van der Waals surface area (Å²) in [6.45, 7) is 11.4. The van der Waals surface area contributed by atoms with Crippen molar-refractivity contribution in [2.45, 2.75) is 90.6 Å². The van der Waals surface area contributed by atoms with E-state index in [1.54, 1.807) is 0 Å². The van der Waals surface area contributed by atoms with Crippen LogP contribution in [-0.2, 0) is 4.84 Å². The Morgan fingerprint density at radius 2 is 1.70 bits per heavy atom. The van der Waals surface area contributed by atoms with Gasteiger partial charge < -0.3 is 5.11 Å². The number of unbranched alkanes of at least 4 members (excludes halogenated alkanes) is 5. The molecule has 0 atom stereocenters. The highest BCUT2D eigenvalue weighted by Crippen LogP contribution is 2.36. The van der Waals surface area contributed by atoms with E-state index in [0.717, 1.165) is 13.0 Å². The second-order valence-corrected chi connectivity index (χ2v) is 7.17. The Bertz CT molecular complexity index is 321. The first-order valence-corrected chi connectivity index (χ1v) is 8.13. The molecule has 1 N–H and O–H groups in total. The van der Waals surface area contributed by atoms with Gasteiger partial charge in [0, 0.05) is 12.0 Å². The van der Waals surface area contributed by atoms with E-state index in [1.807, 2.05) is 6.08 Å². The lowest BCUT2D eigenvalue weighted by molar-refractivity contribution is -0.260. The minimum Gasteiger partial charge on any atom is -0.513 e. The average Bonchev–Trinajstić information content (AvgIpc) is 2.28. The van der Waals surface area contributed by atoms with Crippen molar-refractivity contribution in [2.75, 3.05) is 6.61 Å². The Morgan fingerprint density at radius 1 is 1.10 bits per heavy atom. The predicted molar refractivity (Wildman–Crippen MR) is 84.7 cm³/mol. The van der Waals surface area contributed by atoms with Crippen molar-refractivity contribution in [2.24, 2.45) is 0 Å². The van der Waals surface area contributed by atoms with Crippen molar-refractivity contribution in [1.29, 1.82) is 0 Å². The molecule has 3 heteroatoms. The molecule has 0 aromatic heterocycles. The van der Waals surface area contributed by atoms with Crippen LogP contribution in [0, 0.1) is 0 Å². The maximum atomic E-state index is 9.87. The minimum atomic E-state index is -0.256. The number of hydroxylamine groups is 2. The normalized spacial score (nSPS) is 21.8. The Labute approximate surface area is 125 Å². The largest absolute Gasteiger partial charge is 0.513 e. The molecule has 118 valence electrons. The first kappa shape index (κ1) is 17.5. The summed E-state index contributed by atoms with van der Waals surface area (Å²) in [4.78, 5) is 6.05. The maximum Gasteiger partial charge on any atom is 0.0921 e. The number of hydrogen-bond acceptors (Lipinski definition) is 3. The van der Waals surface area contributed by atoms with Crippen LogP contribution in [0.2, 0.25) is 0 Å². The molecule has 0 bridgehead atoms. The standard InChI is InChI=1S/C17H33NO2/c1-6-7-8-9-10-11-12-20-18-16(2,3)13-15(19)14-17(18,4)5/h13,19H,6-12,14H2,1-5H3. The Morgan fingerprint density at radius 3 is 2.30 bits per heavy atom. The molecular weight excluding hydrogens is 250 g/mol. The third-order valence-electron chi connectivity index (χ3n) is 3.93. The van der Waals surface area contributed by atoms with Gasteiger partial charge in [-0.05, 0) is 40.2 Å². The van der Waals surface area contributed by atoms with Gasteiger partial charge in [0.25, 0.3) is 0 Å². The Hall–Kier alpha value is -0.540. The maximum absolute atomic E-state index is 9.87. The predicted octanol–water partition coefficient (Wildman–Crippen LogP) is 4.98. The third-order valence-corrected chi connectivity index (χ3v) is 3.93. The van der Waals surface area contributed by atoms with E-state index in [1.165, 1.54) is 32.1 Å². The number of rotatable bonds is 8. The summed E-state index contributed by atoms with van der Waals surface area (Å²) in [5.74, 6) is 0.472. The van der Waals surface area contributed by atoms with Crippen LogP contribution in [0.15, 0.2) is 11.8 Å². The van der Waals surface area contributed by atoms with Crippen LogP contribution >= 0.6 is 0 Å². The van der Waals surface area contributed by atoms with Gasteiger partial charge in [-0.3, -0.25) is 4.84 Å². The van der Waals surface area contributed by atoms with Crippen molar-refractivity contribution >= 4 is 0 Å². The quantitative estimate of drug-likeness (QED) is 0.637. The highest BCUT2D eigenvalue weighted by atomic mass is 16.7. The summed E-state index contributed by atoms with van der Waals surface area (Å²) < 4.78 is 0. The van der Waals surface area contributed by atoms with Gasteiger partial charge in [-0.15, -0.1) is 0 Å². The molecule has 0 aromatic rings. The van der Waals surface area contributed by atoms with Crippen LogP contribution < -0.4 is 0 Å². The summed E-state index contributed by atoms with van der Waals surface area (Å²) in [5, 5.41) is 11.9. The van der Waals surface area contributed by atoms with Gasteiger partial charge in [-0.2, -0.15) is 5.06 Å². The van der Waals surface area contributed by atoms with Crippen molar-refractivity contribution in [3.63, 3.8) is 0 Å². The Balaban J connectivity index is 2.38. The zero-order valence-corrected chi connectivity index (χ0v) is 14.0. The van der Waals surface area contributed by atoms with E-state index >= 15 is 0 Å². The molecule has 20 heavy (non-hydrogen) atoms. The van der Waals surface area contributed by atoms with E-state index in [4.69, 9.17) is 4.84 Å². The van der Waals surface area contributed by atoms with E-state index in [9.17, 15) is 5.11 Å². The van der Waals surface area contributed by atoms with Gasteiger partial charge in [0.1, 0.15) is 0 Å². The highest BCUT2D eigenvalue weighted by Gasteiger charge is 2.42. The van der Waals surface area contributed by atoms with Crippen molar-refractivity contribution < 1.29 is 9.94 Å². The van der Waals surface area contributed by atoms with Gasteiger partial charge in [0.05, 0.1) is 17.9 Å². The topological polar surface area (TPSA) is 32.7 Å². The molecule has 0 amide bonds. The fraction of sp³-hybridized carbons (Fsp3) is 0.882. The van der Waals surface area contributed by atoms with Crippen molar-refractivity contribution in [3.05, 3.63) is 11.8 Å². The molecule has 1 heterocycles. The molecular formula is C17H33NO2. The first-order chi connectivity index (χ1) is 9.29. The molecule has 1 aliphatic heterocycles. The zero-order chi connectivity index (χ0) is 15.2. The summed E-state index contributed by atoms with van der Waals surface area (Å²) >= 11 is 0. The summed E-state index contributed by atoms with van der Waals surface area (Å²) in [6.07, 6.45) is 10.2. The van der Waals surface area contributed by atoms with E-state index < -0.39 is 0 Å². The van der Waals surface area contributed by atoms with E-state index in [0.29, 0.717) is 12.2 Å². The molecule has 0 fully saturated rings. The van der Waals surface area contributed by atoms with Crippen LogP contribution in [0.25, 0.3) is 0 Å². The number of hydrogen-bond donors (Lipinski definition) is 1. The second kappa shape index (κ2) is 7.46. The second-order valence-electron chi connectivity index (χ2n) is 7.17. The van der Waals surface area contributed by atoms with Gasteiger partial charge >= 0.3 is 0 Å². The lowest BCUT2D eigenvalue weighted by atomic mass is 9.86. The van der Waals surface area contributed by atoms with Crippen LogP contribution in [0.5, 0.6) is 0 Å². The zero-order valence-electron chi connectivity index (χ0n) is 14.0. The van der Waals surface area contributed by atoms with Crippen LogP contribution in [-0.4, -0.2) is 27.9 Å². The fourth-order valence-electron chi connectivity index (χ4n) is 3.19.